The third-order valence-corrected chi connectivity index (χ3v) is 4.54. The molecule has 0 bridgehead atoms. The highest BCUT2D eigenvalue weighted by molar-refractivity contribution is 5.89. The monoisotopic (exact) mass is 271 g/mol. The number of aromatic nitrogens is 3. The molecule has 2 fully saturated rings. The molecule has 20 heavy (non-hydrogen) atoms. The summed E-state index contributed by atoms with van der Waals surface area (Å²) in [7, 11) is 0. The Kier molecular flexibility index (Phi) is 2.61. The molecule has 6 nitrogen and oxygen atoms in total. The number of rotatable bonds is 1. The molecule has 0 aromatic carbocycles. The fraction of sp³-hybridized carbons (Fsp3) is 0.500. The van der Waals surface area contributed by atoms with Crippen LogP contribution in [0, 0.1) is 11.8 Å². The number of nitrogens with one attached hydrogen (secondary N) is 1. The summed E-state index contributed by atoms with van der Waals surface area (Å²) in [6, 6.07) is 3.71. The first-order valence-electron chi connectivity index (χ1n) is 7.15. The predicted molar refractivity (Wildman–Crippen MR) is 74.4 cm³/mol. The Morgan fingerprint density at radius 2 is 2.05 bits per heavy atom. The number of carbonyl (C=O) groups excluding carboxylic acids is 1. The molecule has 1 saturated carbocycles. The van der Waals surface area contributed by atoms with Crippen molar-refractivity contribution in [2.75, 3.05) is 18.4 Å². The number of carbonyl (C=O) groups is 1. The zero-order valence-electron chi connectivity index (χ0n) is 11.2. The van der Waals surface area contributed by atoms with E-state index in [4.69, 9.17) is 0 Å². The van der Waals surface area contributed by atoms with Gasteiger partial charge in [0.2, 0.25) is 0 Å². The van der Waals surface area contributed by atoms with Crippen LogP contribution in [-0.4, -0.2) is 38.6 Å². The molecule has 2 amide bonds. The number of urea groups is 1. The van der Waals surface area contributed by atoms with Gasteiger partial charge in [0.25, 0.3) is 0 Å². The van der Waals surface area contributed by atoms with Crippen molar-refractivity contribution in [3.8, 4) is 0 Å². The fourth-order valence-corrected chi connectivity index (χ4v) is 3.49. The van der Waals surface area contributed by atoms with Crippen molar-refractivity contribution in [3.63, 3.8) is 0 Å². The minimum absolute atomic E-state index is 0.00105. The lowest BCUT2D eigenvalue weighted by molar-refractivity contribution is 0.219. The minimum Gasteiger partial charge on any atom is -0.324 e. The number of hydrogen-bond donors (Lipinski definition) is 1. The van der Waals surface area contributed by atoms with E-state index in [1.54, 1.807) is 10.7 Å². The quantitative estimate of drug-likeness (QED) is 0.862. The number of amides is 2. The largest absolute Gasteiger partial charge is 0.324 e. The van der Waals surface area contributed by atoms with E-state index < -0.39 is 0 Å². The molecule has 2 aromatic heterocycles. The van der Waals surface area contributed by atoms with Crippen LogP contribution in [0.3, 0.4) is 0 Å². The van der Waals surface area contributed by atoms with Gasteiger partial charge in [0.15, 0.2) is 5.65 Å². The molecule has 0 radical (unpaired) electrons. The van der Waals surface area contributed by atoms with Crippen LogP contribution in [0.5, 0.6) is 0 Å². The second kappa shape index (κ2) is 4.47. The first-order valence-corrected chi connectivity index (χ1v) is 7.15. The summed E-state index contributed by atoms with van der Waals surface area (Å²) in [5, 5.41) is 7.02. The topological polar surface area (TPSA) is 62.5 Å². The molecule has 3 heterocycles. The minimum atomic E-state index is -0.00105. The molecule has 1 N–H and O–H groups in total. The van der Waals surface area contributed by atoms with Crippen molar-refractivity contribution < 1.29 is 4.79 Å². The van der Waals surface area contributed by atoms with Gasteiger partial charge in [0.05, 0.1) is 11.9 Å². The Morgan fingerprint density at radius 3 is 2.85 bits per heavy atom. The van der Waals surface area contributed by atoms with Crippen LogP contribution in [0.15, 0.2) is 24.7 Å². The van der Waals surface area contributed by atoms with E-state index in [9.17, 15) is 4.79 Å². The van der Waals surface area contributed by atoms with Crippen LogP contribution >= 0.6 is 0 Å². The maximum atomic E-state index is 12.3. The Hall–Kier alpha value is -2.11. The number of hydrogen-bond acceptors (Lipinski definition) is 3. The predicted octanol–water partition coefficient (Wildman–Crippen LogP) is 1.99. The van der Waals surface area contributed by atoms with Crippen molar-refractivity contribution in [1.29, 1.82) is 0 Å². The van der Waals surface area contributed by atoms with Crippen LogP contribution in [0.1, 0.15) is 19.3 Å². The lowest BCUT2D eigenvalue weighted by atomic mass is 10.0. The Bertz CT molecular complexity index is 640. The average Bonchev–Trinajstić information content (AvgIpc) is 3.12. The number of fused-ring (bicyclic) bond motifs is 2. The molecule has 1 aliphatic carbocycles. The van der Waals surface area contributed by atoms with Gasteiger partial charge in [-0.3, -0.25) is 0 Å². The van der Waals surface area contributed by atoms with Gasteiger partial charge in [-0.2, -0.15) is 5.10 Å². The zero-order valence-corrected chi connectivity index (χ0v) is 11.2. The van der Waals surface area contributed by atoms with E-state index in [0.29, 0.717) is 0 Å². The summed E-state index contributed by atoms with van der Waals surface area (Å²) in [5.74, 6) is 1.44. The normalized spacial score (nSPS) is 25.1. The molecule has 6 heteroatoms. The molecule has 104 valence electrons. The molecule has 4 rings (SSSR count). The molecular formula is C14H17N5O. The molecular weight excluding hydrogens is 254 g/mol. The van der Waals surface area contributed by atoms with Crippen molar-refractivity contribution in [2.45, 2.75) is 19.3 Å². The van der Waals surface area contributed by atoms with Crippen LogP contribution < -0.4 is 5.32 Å². The van der Waals surface area contributed by atoms with Crippen molar-refractivity contribution >= 4 is 17.4 Å². The van der Waals surface area contributed by atoms with Crippen molar-refractivity contribution in [3.05, 3.63) is 24.7 Å². The average molecular weight is 271 g/mol. The molecule has 2 aromatic rings. The van der Waals surface area contributed by atoms with E-state index >= 15 is 0 Å². The van der Waals surface area contributed by atoms with Crippen LogP contribution in [0.25, 0.3) is 5.65 Å². The van der Waals surface area contributed by atoms with E-state index in [1.165, 1.54) is 25.6 Å². The SMILES string of the molecule is O=C(Nc1ccc2ncnn2c1)N1C[C@H]2CCC[C@H]2C1. The maximum Gasteiger partial charge on any atom is 0.321 e. The van der Waals surface area contributed by atoms with Gasteiger partial charge < -0.3 is 10.2 Å². The highest BCUT2D eigenvalue weighted by Crippen LogP contribution is 2.37. The smallest absolute Gasteiger partial charge is 0.321 e. The highest BCUT2D eigenvalue weighted by atomic mass is 16.2. The number of pyridine rings is 1. The second-order valence-electron chi connectivity index (χ2n) is 5.77. The first kappa shape index (κ1) is 11.7. The second-order valence-corrected chi connectivity index (χ2v) is 5.77. The lowest BCUT2D eigenvalue weighted by Crippen LogP contribution is -2.33. The number of anilines is 1. The Balaban J connectivity index is 1.47. The van der Waals surface area contributed by atoms with E-state index in [-0.39, 0.29) is 6.03 Å². The number of nitrogens with zero attached hydrogens (tertiary/aromatic N) is 4. The van der Waals surface area contributed by atoms with Gasteiger partial charge in [-0.15, -0.1) is 0 Å². The third kappa shape index (κ3) is 1.92. The Labute approximate surface area is 116 Å². The van der Waals surface area contributed by atoms with Gasteiger partial charge in [-0.05, 0) is 36.8 Å². The van der Waals surface area contributed by atoms with Gasteiger partial charge >= 0.3 is 6.03 Å². The van der Waals surface area contributed by atoms with Crippen molar-refractivity contribution in [2.24, 2.45) is 11.8 Å². The summed E-state index contributed by atoms with van der Waals surface area (Å²) >= 11 is 0. The molecule has 2 aliphatic rings. The van der Waals surface area contributed by atoms with E-state index in [2.05, 4.69) is 15.4 Å². The van der Waals surface area contributed by atoms with Crippen LogP contribution in [0.2, 0.25) is 0 Å². The Morgan fingerprint density at radius 1 is 1.25 bits per heavy atom. The molecule has 0 spiro atoms. The van der Waals surface area contributed by atoms with Gasteiger partial charge in [-0.1, -0.05) is 6.42 Å². The number of likely N-dealkylation sites (tertiary alicyclic amines) is 1. The van der Waals surface area contributed by atoms with Gasteiger partial charge in [0.1, 0.15) is 6.33 Å². The molecule has 2 atom stereocenters. The molecule has 0 unspecified atom stereocenters. The van der Waals surface area contributed by atoms with Crippen LogP contribution in [-0.2, 0) is 0 Å². The van der Waals surface area contributed by atoms with Crippen LogP contribution in [0.4, 0.5) is 10.5 Å². The van der Waals surface area contributed by atoms with E-state index in [1.807, 2.05) is 17.0 Å². The zero-order chi connectivity index (χ0) is 13.5. The summed E-state index contributed by atoms with van der Waals surface area (Å²) in [6.07, 6.45) is 7.17. The molecule has 1 aliphatic heterocycles. The third-order valence-electron chi connectivity index (χ3n) is 4.54. The van der Waals surface area contributed by atoms with E-state index in [0.717, 1.165) is 36.3 Å². The summed E-state index contributed by atoms with van der Waals surface area (Å²) in [6.45, 7) is 1.81. The maximum absolute atomic E-state index is 12.3. The van der Waals surface area contributed by atoms with Gasteiger partial charge in [0, 0.05) is 13.1 Å². The van der Waals surface area contributed by atoms with Gasteiger partial charge in [-0.25, -0.2) is 14.3 Å². The van der Waals surface area contributed by atoms with Crippen molar-refractivity contribution in [1.82, 2.24) is 19.5 Å². The lowest BCUT2D eigenvalue weighted by Gasteiger charge is -2.18. The summed E-state index contributed by atoms with van der Waals surface area (Å²) in [4.78, 5) is 18.3. The highest BCUT2D eigenvalue weighted by Gasteiger charge is 2.37. The summed E-state index contributed by atoms with van der Waals surface area (Å²) < 4.78 is 1.66. The standard InChI is InChI=1S/C14H17N5O/c20-14(18-6-10-2-1-3-11(10)7-18)17-12-4-5-13-15-9-16-19(13)8-12/h4-5,8-11H,1-3,6-7H2,(H,17,20)/t10-,11+. The first-order chi connectivity index (χ1) is 9.79. The summed E-state index contributed by atoms with van der Waals surface area (Å²) in [5.41, 5.74) is 1.53. The molecule has 1 saturated heterocycles. The fourth-order valence-electron chi connectivity index (χ4n) is 3.49.